The van der Waals surface area contributed by atoms with E-state index < -0.39 is 21.5 Å². The van der Waals surface area contributed by atoms with Gasteiger partial charge >= 0.3 is 0 Å². The van der Waals surface area contributed by atoms with Gasteiger partial charge in [0.05, 0.1) is 12.8 Å². The van der Waals surface area contributed by atoms with Crippen LogP contribution in [0.5, 0.6) is 0 Å². The summed E-state index contributed by atoms with van der Waals surface area (Å²) >= 11 is 1.55. The fourth-order valence-corrected chi connectivity index (χ4v) is 5.43. The van der Waals surface area contributed by atoms with Crippen LogP contribution < -0.4 is 10.2 Å². The van der Waals surface area contributed by atoms with Crippen LogP contribution in [0.25, 0.3) is 0 Å². The Kier molecular flexibility index (Phi) is 6.60. The molecule has 1 unspecified atom stereocenters. The van der Waals surface area contributed by atoms with Gasteiger partial charge in [-0.05, 0) is 44.2 Å². The van der Waals surface area contributed by atoms with Crippen molar-refractivity contribution in [3.8, 4) is 0 Å². The summed E-state index contributed by atoms with van der Waals surface area (Å²) in [7, 11) is -3.61. The number of nitrogens with one attached hydrogen (secondary N) is 1. The van der Waals surface area contributed by atoms with Gasteiger partial charge in [0, 0.05) is 23.2 Å². The maximum Gasteiger partial charge on any atom is 0.247 e. The summed E-state index contributed by atoms with van der Waals surface area (Å²) in [5.74, 6) is -0.707. The molecule has 7 nitrogen and oxygen atoms in total. The third kappa shape index (κ3) is 4.78. The Balaban J connectivity index is 1.98. The number of sulfonamides is 1. The maximum absolute atomic E-state index is 13.4. The fourth-order valence-electron chi connectivity index (χ4n) is 4.14. The highest BCUT2D eigenvalue weighted by Crippen LogP contribution is 2.33. The first-order valence-corrected chi connectivity index (χ1v) is 13.0. The highest BCUT2D eigenvalue weighted by molar-refractivity contribution is 7.98. The summed E-state index contributed by atoms with van der Waals surface area (Å²) in [6.45, 7) is 1.32. The van der Waals surface area contributed by atoms with Crippen LogP contribution in [0.3, 0.4) is 0 Å². The molecule has 1 heterocycles. The Morgan fingerprint density at radius 2 is 1.93 bits per heavy atom. The predicted octanol–water partition coefficient (Wildman–Crippen LogP) is 2.22. The Hall–Kier alpha value is -1.58. The molecule has 0 bridgehead atoms. The number of hydrogen-bond acceptors (Lipinski definition) is 5. The number of carbonyl (C=O) groups excluding carboxylic acids is 2. The minimum absolute atomic E-state index is 0.0659. The van der Waals surface area contributed by atoms with Crippen molar-refractivity contribution in [3.05, 3.63) is 24.3 Å². The van der Waals surface area contributed by atoms with Gasteiger partial charge in [-0.2, -0.15) is 4.31 Å². The average molecular weight is 440 g/mol. The quantitative estimate of drug-likeness (QED) is 0.711. The van der Waals surface area contributed by atoms with Gasteiger partial charge in [0.1, 0.15) is 5.54 Å². The van der Waals surface area contributed by atoms with Crippen molar-refractivity contribution >= 4 is 39.3 Å². The molecule has 3 rings (SSSR count). The van der Waals surface area contributed by atoms with Crippen LogP contribution in [0.1, 0.15) is 39.0 Å². The molecule has 1 aliphatic heterocycles. The number of thioether (sulfide) groups is 1. The van der Waals surface area contributed by atoms with Crippen LogP contribution in [-0.2, 0) is 19.6 Å². The summed E-state index contributed by atoms with van der Waals surface area (Å²) in [5, 5.41) is 3.09. The summed E-state index contributed by atoms with van der Waals surface area (Å²) in [6, 6.07) is 7.50. The maximum atomic E-state index is 13.4. The number of nitrogens with zero attached hydrogens (tertiary/aromatic N) is 2. The van der Waals surface area contributed by atoms with Crippen LogP contribution in [0, 0.1) is 0 Å². The molecule has 1 saturated carbocycles. The molecule has 0 radical (unpaired) electrons. The largest absolute Gasteiger partial charge is 0.351 e. The minimum atomic E-state index is -3.61. The molecule has 1 aromatic carbocycles. The molecule has 2 fully saturated rings. The molecule has 1 saturated heterocycles. The van der Waals surface area contributed by atoms with Gasteiger partial charge in [-0.15, -0.1) is 11.8 Å². The first-order valence-electron chi connectivity index (χ1n) is 9.88. The van der Waals surface area contributed by atoms with Crippen molar-refractivity contribution in [1.29, 1.82) is 0 Å². The van der Waals surface area contributed by atoms with Gasteiger partial charge in [-0.25, -0.2) is 8.42 Å². The van der Waals surface area contributed by atoms with Crippen LogP contribution in [0.15, 0.2) is 29.2 Å². The van der Waals surface area contributed by atoms with E-state index in [1.54, 1.807) is 24.8 Å². The highest BCUT2D eigenvalue weighted by Gasteiger charge is 2.50. The molecule has 9 heteroatoms. The summed E-state index contributed by atoms with van der Waals surface area (Å²) < 4.78 is 25.5. The Bertz CT molecular complexity index is 883. The van der Waals surface area contributed by atoms with Crippen molar-refractivity contribution in [1.82, 2.24) is 9.62 Å². The summed E-state index contributed by atoms with van der Waals surface area (Å²) in [4.78, 5) is 29.0. The smallest absolute Gasteiger partial charge is 0.247 e. The Labute approximate surface area is 177 Å². The number of hydrogen-bond donors (Lipinski definition) is 1. The number of rotatable bonds is 5. The third-order valence-corrected chi connectivity index (χ3v) is 7.67. The molecule has 1 N–H and O–H groups in total. The molecule has 1 atom stereocenters. The molecular weight excluding hydrogens is 410 g/mol. The molecule has 1 aromatic rings. The van der Waals surface area contributed by atoms with E-state index >= 15 is 0 Å². The molecule has 160 valence electrons. The van der Waals surface area contributed by atoms with Crippen LogP contribution in [-0.4, -0.2) is 61.7 Å². The molecule has 2 aliphatic rings. The van der Waals surface area contributed by atoms with E-state index in [1.807, 2.05) is 24.5 Å². The van der Waals surface area contributed by atoms with Crippen molar-refractivity contribution < 1.29 is 18.0 Å². The molecule has 2 amide bonds. The molecule has 29 heavy (non-hydrogen) atoms. The lowest BCUT2D eigenvalue weighted by Gasteiger charge is -2.47. The van der Waals surface area contributed by atoms with E-state index in [2.05, 4.69) is 5.32 Å². The van der Waals surface area contributed by atoms with Crippen molar-refractivity contribution in [2.75, 3.05) is 30.5 Å². The zero-order chi connectivity index (χ0) is 21.2. The van der Waals surface area contributed by atoms with E-state index in [0.717, 1.165) is 47.6 Å². The van der Waals surface area contributed by atoms with Crippen molar-refractivity contribution in [2.24, 2.45) is 0 Å². The van der Waals surface area contributed by atoms with Gasteiger partial charge in [-0.3, -0.25) is 14.5 Å². The molecule has 0 spiro atoms. The first-order chi connectivity index (χ1) is 13.6. The standard InChI is InChI=1S/C20H29N3O4S2/c1-20(19(25)21-15-8-5-4-6-9-15)14-22(29(3,26)27)13-18(24)23(20)16-10-7-11-17(12-16)28-2/h7,10-12,15H,4-6,8-9,13-14H2,1-3H3,(H,21,25). The lowest BCUT2D eigenvalue weighted by atomic mass is 9.91. The zero-order valence-electron chi connectivity index (χ0n) is 17.2. The second-order valence-electron chi connectivity index (χ2n) is 8.04. The topological polar surface area (TPSA) is 86.8 Å². The highest BCUT2D eigenvalue weighted by atomic mass is 32.2. The van der Waals surface area contributed by atoms with Gasteiger partial charge in [0.25, 0.3) is 0 Å². The van der Waals surface area contributed by atoms with E-state index in [0.29, 0.717) is 5.69 Å². The van der Waals surface area contributed by atoms with Crippen molar-refractivity contribution in [3.63, 3.8) is 0 Å². The van der Waals surface area contributed by atoms with Gasteiger partial charge in [0.2, 0.25) is 21.8 Å². The number of piperazine rings is 1. The normalized spacial score (nSPS) is 24.5. The van der Waals surface area contributed by atoms with Gasteiger partial charge in [-0.1, -0.05) is 25.3 Å². The number of anilines is 1. The lowest BCUT2D eigenvalue weighted by molar-refractivity contribution is -0.133. The van der Waals surface area contributed by atoms with Gasteiger partial charge in [0.15, 0.2) is 0 Å². The van der Waals surface area contributed by atoms with Crippen LogP contribution in [0.2, 0.25) is 0 Å². The number of amides is 2. The Morgan fingerprint density at radius 1 is 1.24 bits per heavy atom. The minimum Gasteiger partial charge on any atom is -0.351 e. The van der Waals surface area contributed by atoms with Crippen molar-refractivity contribution in [2.45, 2.75) is 55.5 Å². The van der Waals surface area contributed by atoms with Crippen LogP contribution >= 0.6 is 11.8 Å². The lowest BCUT2D eigenvalue weighted by Crippen LogP contribution is -2.70. The Morgan fingerprint density at radius 3 is 2.55 bits per heavy atom. The summed E-state index contributed by atoms with van der Waals surface area (Å²) in [5.41, 5.74) is -0.719. The summed E-state index contributed by atoms with van der Waals surface area (Å²) in [6.07, 6.45) is 8.13. The monoisotopic (exact) mass is 439 g/mol. The van der Waals surface area contributed by atoms with E-state index in [1.165, 1.54) is 4.90 Å². The number of benzene rings is 1. The molecule has 1 aliphatic carbocycles. The SMILES string of the molecule is CSc1cccc(N2C(=O)CN(S(C)(=O)=O)CC2(C)C(=O)NC2CCCCC2)c1. The zero-order valence-corrected chi connectivity index (χ0v) is 18.8. The van der Waals surface area contributed by atoms with E-state index in [4.69, 9.17) is 0 Å². The van der Waals surface area contributed by atoms with Gasteiger partial charge < -0.3 is 5.32 Å². The molecular formula is C20H29N3O4S2. The predicted molar refractivity (Wildman–Crippen MR) is 116 cm³/mol. The van der Waals surface area contributed by atoms with E-state index in [9.17, 15) is 18.0 Å². The number of carbonyl (C=O) groups is 2. The first kappa shape index (κ1) is 22.1. The van der Waals surface area contributed by atoms with Crippen LogP contribution in [0.4, 0.5) is 5.69 Å². The molecule has 0 aromatic heterocycles. The second kappa shape index (κ2) is 8.65. The average Bonchev–Trinajstić information content (AvgIpc) is 2.67. The second-order valence-corrected chi connectivity index (χ2v) is 10.9. The van der Waals surface area contributed by atoms with E-state index in [-0.39, 0.29) is 25.0 Å². The third-order valence-electron chi connectivity index (χ3n) is 5.75. The fraction of sp³-hybridized carbons (Fsp3) is 0.600.